The Hall–Kier alpha value is -1.07. The highest BCUT2D eigenvalue weighted by Gasteiger charge is 2.07. The fraction of sp³-hybridized carbons (Fsp3) is 0.533. The van der Waals surface area contributed by atoms with E-state index in [4.69, 9.17) is 4.74 Å². The standard InChI is InChI=1S/C15H23BrN2O2/c1-18(2)10-4-9-17-15(19)8-5-12-11-13(16)6-7-14(12)20-3/h6-7,11H,4-5,8-10H2,1-3H3,(H,17,19). The molecule has 0 aliphatic rings. The number of benzene rings is 1. The molecule has 0 fully saturated rings. The Labute approximate surface area is 129 Å². The third-order valence-corrected chi connectivity index (χ3v) is 3.46. The predicted molar refractivity (Wildman–Crippen MR) is 85.2 cm³/mol. The Balaban J connectivity index is 2.35. The molecule has 0 aliphatic carbocycles. The van der Waals surface area contributed by atoms with Crippen LogP contribution in [0.4, 0.5) is 0 Å². The molecular weight excluding hydrogens is 320 g/mol. The maximum Gasteiger partial charge on any atom is 0.220 e. The summed E-state index contributed by atoms with van der Waals surface area (Å²) in [6.07, 6.45) is 2.13. The molecule has 0 unspecified atom stereocenters. The lowest BCUT2D eigenvalue weighted by atomic mass is 10.1. The fourth-order valence-electron chi connectivity index (χ4n) is 1.90. The van der Waals surface area contributed by atoms with Gasteiger partial charge in [-0.05, 0) is 57.2 Å². The van der Waals surface area contributed by atoms with Gasteiger partial charge in [0.05, 0.1) is 7.11 Å². The van der Waals surface area contributed by atoms with Crippen LogP contribution in [-0.2, 0) is 11.2 Å². The van der Waals surface area contributed by atoms with Crippen LogP contribution in [0.25, 0.3) is 0 Å². The van der Waals surface area contributed by atoms with Gasteiger partial charge < -0.3 is 15.0 Å². The lowest BCUT2D eigenvalue weighted by Gasteiger charge is -2.11. The summed E-state index contributed by atoms with van der Waals surface area (Å²) in [7, 11) is 5.71. The van der Waals surface area contributed by atoms with E-state index in [1.165, 1.54) is 0 Å². The van der Waals surface area contributed by atoms with Crippen LogP contribution in [0.2, 0.25) is 0 Å². The SMILES string of the molecule is COc1ccc(Br)cc1CCC(=O)NCCCN(C)C. The number of methoxy groups -OCH3 is 1. The summed E-state index contributed by atoms with van der Waals surface area (Å²) in [6.45, 7) is 1.71. The minimum Gasteiger partial charge on any atom is -0.496 e. The van der Waals surface area contributed by atoms with Crippen LogP contribution in [0.15, 0.2) is 22.7 Å². The summed E-state index contributed by atoms with van der Waals surface area (Å²) in [5.41, 5.74) is 1.05. The van der Waals surface area contributed by atoms with E-state index in [0.29, 0.717) is 12.8 Å². The van der Waals surface area contributed by atoms with Crippen LogP contribution in [0.1, 0.15) is 18.4 Å². The molecule has 4 nitrogen and oxygen atoms in total. The Morgan fingerprint density at radius 3 is 2.80 bits per heavy atom. The highest BCUT2D eigenvalue weighted by atomic mass is 79.9. The van der Waals surface area contributed by atoms with E-state index in [9.17, 15) is 4.79 Å². The second-order valence-electron chi connectivity index (χ2n) is 4.96. The highest BCUT2D eigenvalue weighted by Crippen LogP contribution is 2.24. The summed E-state index contributed by atoms with van der Waals surface area (Å²) >= 11 is 3.44. The topological polar surface area (TPSA) is 41.6 Å². The molecule has 1 aromatic rings. The summed E-state index contributed by atoms with van der Waals surface area (Å²) in [6, 6.07) is 5.84. The molecule has 1 N–H and O–H groups in total. The van der Waals surface area contributed by atoms with Gasteiger partial charge in [0.2, 0.25) is 5.91 Å². The first kappa shape index (κ1) is 17.0. The minimum atomic E-state index is 0.0887. The molecule has 0 bridgehead atoms. The minimum absolute atomic E-state index is 0.0887. The lowest BCUT2D eigenvalue weighted by molar-refractivity contribution is -0.121. The van der Waals surface area contributed by atoms with Crippen molar-refractivity contribution in [3.8, 4) is 5.75 Å². The Morgan fingerprint density at radius 2 is 2.15 bits per heavy atom. The normalized spacial score (nSPS) is 10.7. The average Bonchev–Trinajstić information content (AvgIpc) is 2.41. The van der Waals surface area contributed by atoms with Crippen LogP contribution >= 0.6 is 15.9 Å². The maximum atomic E-state index is 11.8. The van der Waals surface area contributed by atoms with Crippen molar-refractivity contribution in [3.05, 3.63) is 28.2 Å². The molecule has 1 aromatic carbocycles. The molecule has 0 aliphatic heterocycles. The van der Waals surface area contributed by atoms with E-state index < -0.39 is 0 Å². The number of nitrogens with one attached hydrogen (secondary N) is 1. The van der Waals surface area contributed by atoms with Gasteiger partial charge in [-0.25, -0.2) is 0 Å². The van der Waals surface area contributed by atoms with Gasteiger partial charge in [0.15, 0.2) is 0 Å². The Bertz CT molecular complexity index is 436. The van der Waals surface area contributed by atoms with Crippen molar-refractivity contribution < 1.29 is 9.53 Å². The van der Waals surface area contributed by atoms with Crippen LogP contribution in [-0.4, -0.2) is 45.1 Å². The number of nitrogens with zero attached hydrogens (tertiary/aromatic N) is 1. The van der Waals surface area contributed by atoms with Crippen LogP contribution in [0.3, 0.4) is 0 Å². The van der Waals surface area contributed by atoms with E-state index in [0.717, 1.165) is 35.3 Å². The lowest BCUT2D eigenvalue weighted by Crippen LogP contribution is -2.27. The maximum absolute atomic E-state index is 11.8. The zero-order valence-electron chi connectivity index (χ0n) is 12.4. The smallest absolute Gasteiger partial charge is 0.220 e. The van der Waals surface area contributed by atoms with Gasteiger partial charge in [-0.1, -0.05) is 15.9 Å². The van der Waals surface area contributed by atoms with Gasteiger partial charge in [0.25, 0.3) is 0 Å². The van der Waals surface area contributed by atoms with Crippen molar-refractivity contribution in [3.63, 3.8) is 0 Å². The molecule has 112 valence electrons. The molecule has 0 atom stereocenters. The molecule has 0 radical (unpaired) electrons. The first-order chi connectivity index (χ1) is 9.52. The van der Waals surface area contributed by atoms with Crippen LogP contribution in [0, 0.1) is 0 Å². The zero-order chi connectivity index (χ0) is 15.0. The molecule has 0 aromatic heterocycles. The van der Waals surface area contributed by atoms with Crippen molar-refractivity contribution in [2.75, 3.05) is 34.3 Å². The molecule has 0 spiro atoms. The predicted octanol–water partition coefficient (Wildman–Crippen LogP) is 2.46. The molecule has 0 saturated carbocycles. The number of carbonyl (C=O) groups excluding carboxylic acids is 1. The summed E-state index contributed by atoms with van der Waals surface area (Å²) in [4.78, 5) is 13.9. The molecule has 5 heteroatoms. The van der Waals surface area contributed by atoms with Crippen molar-refractivity contribution >= 4 is 21.8 Å². The van der Waals surface area contributed by atoms with Crippen molar-refractivity contribution in [1.29, 1.82) is 0 Å². The third-order valence-electron chi connectivity index (χ3n) is 2.97. The Kier molecular flexibility index (Phi) is 7.62. The number of ether oxygens (including phenoxy) is 1. The second kappa shape index (κ2) is 8.97. The van der Waals surface area contributed by atoms with Crippen molar-refractivity contribution in [2.24, 2.45) is 0 Å². The molecule has 20 heavy (non-hydrogen) atoms. The fourth-order valence-corrected chi connectivity index (χ4v) is 2.31. The van der Waals surface area contributed by atoms with Crippen molar-refractivity contribution in [2.45, 2.75) is 19.3 Å². The molecule has 0 saturated heterocycles. The largest absolute Gasteiger partial charge is 0.496 e. The van der Waals surface area contributed by atoms with E-state index in [1.807, 2.05) is 32.3 Å². The number of aryl methyl sites for hydroxylation is 1. The number of rotatable bonds is 8. The summed E-state index contributed by atoms with van der Waals surface area (Å²) in [5, 5.41) is 2.94. The van der Waals surface area contributed by atoms with E-state index >= 15 is 0 Å². The van der Waals surface area contributed by atoms with Gasteiger partial charge in [-0.2, -0.15) is 0 Å². The number of amides is 1. The van der Waals surface area contributed by atoms with E-state index in [2.05, 4.69) is 26.1 Å². The first-order valence-corrected chi connectivity index (χ1v) is 7.56. The summed E-state index contributed by atoms with van der Waals surface area (Å²) < 4.78 is 6.30. The van der Waals surface area contributed by atoms with Gasteiger partial charge >= 0.3 is 0 Å². The number of hydrogen-bond donors (Lipinski definition) is 1. The quantitative estimate of drug-likeness (QED) is 0.738. The number of carbonyl (C=O) groups is 1. The van der Waals surface area contributed by atoms with Gasteiger partial charge in [-0.15, -0.1) is 0 Å². The number of halogens is 1. The summed E-state index contributed by atoms with van der Waals surface area (Å²) in [5.74, 6) is 0.916. The van der Waals surface area contributed by atoms with Gasteiger partial charge in [0.1, 0.15) is 5.75 Å². The number of hydrogen-bond acceptors (Lipinski definition) is 3. The van der Waals surface area contributed by atoms with Gasteiger partial charge in [-0.3, -0.25) is 4.79 Å². The van der Waals surface area contributed by atoms with Crippen LogP contribution < -0.4 is 10.1 Å². The molecule has 0 heterocycles. The van der Waals surface area contributed by atoms with Gasteiger partial charge in [0, 0.05) is 17.4 Å². The molecular formula is C15H23BrN2O2. The highest BCUT2D eigenvalue weighted by molar-refractivity contribution is 9.10. The van der Waals surface area contributed by atoms with E-state index in [-0.39, 0.29) is 5.91 Å². The average molecular weight is 343 g/mol. The molecule has 1 rings (SSSR count). The Morgan fingerprint density at radius 1 is 1.40 bits per heavy atom. The van der Waals surface area contributed by atoms with Crippen LogP contribution in [0.5, 0.6) is 5.75 Å². The first-order valence-electron chi connectivity index (χ1n) is 6.76. The third kappa shape index (κ3) is 6.39. The van der Waals surface area contributed by atoms with Crippen molar-refractivity contribution in [1.82, 2.24) is 10.2 Å². The zero-order valence-corrected chi connectivity index (χ0v) is 14.0. The molecule has 1 amide bonds. The van der Waals surface area contributed by atoms with E-state index in [1.54, 1.807) is 7.11 Å². The second-order valence-corrected chi connectivity index (χ2v) is 5.88. The monoisotopic (exact) mass is 342 g/mol.